The molecule has 0 fully saturated rings. The standard InChI is InChI=1S/C46H37N/c1-34-23-29-45(43(31-34)39-19-11-5-12-20-39)47(46-30-24-35(2)32-44(46)40-21-13-6-14-22-40)41-27-25-36(26-28-41)33-42(37-15-7-3-8-16-37)38-17-9-4-10-18-38/h3-33H,1-2H3. The van der Waals surface area contributed by atoms with Gasteiger partial charge in [0.15, 0.2) is 0 Å². The van der Waals surface area contributed by atoms with Crippen LogP contribution in [0.2, 0.25) is 0 Å². The Kier molecular flexibility index (Phi) is 8.62. The van der Waals surface area contributed by atoms with Gasteiger partial charge in [-0.1, -0.05) is 157 Å². The van der Waals surface area contributed by atoms with Gasteiger partial charge in [-0.05, 0) is 89.7 Å². The topological polar surface area (TPSA) is 3.24 Å². The summed E-state index contributed by atoms with van der Waals surface area (Å²) in [6.45, 7) is 4.33. The maximum Gasteiger partial charge on any atom is 0.0540 e. The van der Waals surface area contributed by atoms with Crippen LogP contribution >= 0.6 is 0 Å². The summed E-state index contributed by atoms with van der Waals surface area (Å²) < 4.78 is 0. The molecule has 1 heteroatoms. The van der Waals surface area contributed by atoms with Crippen LogP contribution in [0.3, 0.4) is 0 Å². The lowest BCUT2D eigenvalue weighted by Crippen LogP contribution is -2.13. The normalized spacial score (nSPS) is 10.8. The highest BCUT2D eigenvalue weighted by Gasteiger charge is 2.21. The van der Waals surface area contributed by atoms with Crippen LogP contribution in [0.4, 0.5) is 17.1 Å². The van der Waals surface area contributed by atoms with Gasteiger partial charge in [-0.25, -0.2) is 0 Å². The van der Waals surface area contributed by atoms with Crippen LogP contribution in [0.1, 0.15) is 27.8 Å². The van der Waals surface area contributed by atoms with Crippen molar-refractivity contribution in [2.75, 3.05) is 4.90 Å². The van der Waals surface area contributed by atoms with Crippen molar-refractivity contribution in [2.45, 2.75) is 13.8 Å². The van der Waals surface area contributed by atoms with Gasteiger partial charge in [0.2, 0.25) is 0 Å². The van der Waals surface area contributed by atoms with E-state index >= 15 is 0 Å². The predicted octanol–water partition coefficient (Wildman–Crippen LogP) is 12.7. The fourth-order valence-corrected chi connectivity index (χ4v) is 6.25. The van der Waals surface area contributed by atoms with Gasteiger partial charge in [-0.15, -0.1) is 0 Å². The van der Waals surface area contributed by atoms with Gasteiger partial charge in [-0.3, -0.25) is 0 Å². The van der Waals surface area contributed by atoms with Crippen LogP contribution in [0, 0.1) is 13.8 Å². The van der Waals surface area contributed by atoms with Crippen molar-refractivity contribution in [3.8, 4) is 22.3 Å². The van der Waals surface area contributed by atoms with Crippen molar-refractivity contribution in [1.29, 1.82) is 0 Å². The van der Waals surface area contributed by atoms with E-state index in [1.54, 1.807) is 0 Å². The molecule has 47 heavy (non-hydrogen) atoms. The summed E-state index contributed by atoms with van der Waals surface area (Å²) in [6, 6.07) is 65.2. The summed E-state index contributed by atoms with van der Waals surface area (Å²) in [5.74, 6) is 0. The van der Waals surface area contributed by atoms with Crippen molar-refractivity contribution < 1.29 is 0 Å². The second kappa shape index (κ2) is 13.6. The monoisotopic (exact) mass is 603 g/mol. The average Bonchev–Trinajstić information content (AvgIpc) is 3.14. The molecule has 0 bridgehead atoms. The van der Waals surface area contributed by atoms with E-state index in [9.17, 15) is 0 Å². The molecule has 0 unspecified atom stereocenters. The van der Waals surface area contributed by atoms with E-state index < -0.39 is 0 Å². The Morgan fingerprint density at radius 2 is 0.830 bits per heavy atom. The summed E-state index contributed by atoms with van der Waals surface area (Å²) in [6.07, 6.45) is 2.29. The molecule has 226 valence electrons. The zero-order valence-electron chi connectivity index (χ0n) is 26.8. The average molecular weight is 604 g/mol. The molecule has 0 aliphatic heterocycles. The molecular formula is C46H37N. The smallest absolute Gasteiger partial charge is 0.0540 e. The molecule has 0 spiro atoms. The molecule has 0 aliphatic rings. The molecule has 0 N–H and O–H groups in total. The Morgan fingerprint density at radius 1 is 0.426 bits per heavy atom. The lowest BCUT2D eigenvalue weighted by atomic mass is 9.95. The minimum atomic E-state index is 1.10. The lowest BCUT2D eigenvalue weighted by Gasteiger charge is -2.30. The maximum atomic E-state index is 2.42. The summed E-state index contributed by atoms with van der Waals surface area (Å²) in [7, 11) is 0. The van der Waals surface area contributed by atoms with Crippen molar-refractivity contribution in [3.63, 3.8) is 0 Å². The van der Waals surface area contributed by atoms with E-state index in [0.717, 1.165) is 22.6 Å². The molecule has 0 radical (unpaired) electrons. The first kappa shape index (κ1) is 29.8. The molecule has 7 rings (SSSR count). The highest BCUT2D eigenvalue weighted by molar-refractivity contribution is 5.95. The number of hydrogen-bond acceptors (Lipinski definition) is 1. The quantitative estimate of drug-likeness (QED) is 0.156. The minimum Gasteiger partial charge on any atom is -0.309 e. The fraction of sp³-hybridized carbons (Fsp3) is 0.0435. The Bertz CT molecular complexity index is 1980. The van der Waals surface area contributed by atoms with E-state index in [1.807, 2.05) is 0 Å². The Hall–Kier alpha value is -5.92. The first-order chi connectivity index (χ1) is 23.1. The number of anilines is 3. The van der Waals surface area contributed by atoms with Crippen LogP contribution in [-0.4, -0.2) is 0 Å². The zero-order chi connectivity index (χ0) is 32.0. The predicted molar refractivity (Wildman–Crippen MR) is 201 cm³/mol. The van der Waals surface area contributed by atoms with Gasteiger partial charge in [0.1, 0.15) is 0 Å². The number of rotatable bonds is 8. The molecule has 0 aliphatic carbocycles. The van der Waals surface area contributed by atoms with Gasteiger partial charge >= 0.3 is 0 Å². The molecule has 0 amide bonds. The van der Waals surface area contributed by atoms with Crippen LogP contribution in [0.15, 0.2) is 182 Å². The van der Waals surface area contributed by atoms with E-state index in [1.165, 1.54) is 50.1 Å². The van der Waals surface area contributed by atoms with Gasteiger partial charge in [-0.2, -0.15) is 0 Å². The summed E-state index contributed by atoms with van der Waals surface area (Å²) in [4.78, 5) is 2.42. The molecule has 7 aromatic rings. The minimum absolute atomic E-state index is 1.10. The molecular weight excluding hydrogens is 567 g/mol. The first-order valence-electron chi connectivity index (χ1n) is 16.2. The SMILES string of the molecule is Cc1ccc(N(c2ccc(C=C(c3ccccc3)c3ccccc3)cc2)c2ccc(C)cc2-c2ccccc2)c(-c2ccccc2)c1. The molecule has 0 atom stereocenters. The highest BCUT2D eigenvalue weighted by Crippen LogP contribution is 2.45. The number of aryl methyl sites for hydroxylation is 2. The molecule has 1 nitrogen and oxygen atoms in total. The molecule has 7 aromatic carbocycles. The second-order valence-electron chi connectivity index (χ2n) is 12.0. The van der Waals surface area contributed by atoms with Gasteiger partial charge < -0.3 is 4.90 Å². The van der Waals surface area contributed by atoms with E-state index in [0.29, 0.717) is 0 Å². The largest absolute Gasteiger partial charge is 0.309 e. The van der Waals surface area contributed by atoms with Crippen LogP contribution in [0.25, 0.3) is 33.9 Å². The number of nitrogens with zero attached hydrogens (tertiary/aromatic N) is 1. The van der Waals surface area contributed by atoms with Crippen LogP contribution in [0.5, 0.6) is 0 Å². The number of hydrogen-bond donors (Lipinski definition) is 0. The van der Waals surface area contributed by atoms with E-state index in [-0.39, 0.29) is 0 Å². The van der Waals surface area contributed by atoms with Gasteiger partial charge in [0.25, 0.3) is 0 Å². The lowest BCUT2D eigenvalue weighted by molar-refractivity contribution is 1.27. The van der Waals surface area contributed by atoms with Crippen molar-refractivity contribution in [3.05, 3.63) is 210 Å². The zero-order valence-corrected chi connectivity index (χ0v) is 26.8. The molecule has 0 aromatic heterocycles. The van der Waals surface area contributed by atoms with Crippen LogP contribution < -0.4 is 4.90 Å². The summed E-state index contributed by atoms with van der Waals surface area (Å²) >= 11 is 0. The molecule has 0 saturated heterocycles. The maximum absolute atomic E-state index is 2.42. The second-order valence-corrected chi connectivity index (χ2v) is 12.0. The van der Waals surface area contributed by atoms with Gasteiger partial charge in [0.05, 0.1) is 11.4 Å². The third-order valence-electron chi connectivity index (χ3n) is 8.59. The third kappa shape index (κ3) is 6.57. The van der Waals surface area contributed by atoms with Crippen molar-refractivity contribution in [2.24, 2.45) is 0 Å². The van der Waals surface area contributed by atoms with Crippen LogP contribution in [-0.2, 0) is 0 Å². The highest BCUT2D eigenvalue weighted by atomic mass is 15.1. The Labute approximate surface area is 278 Å². The Morgan fingerprint density at radius 3 is 1.26 bits per heavy atom. The first-order valence-corrected chi connectivity index (χ1v) is 16.2. The number of benzene rings is 7. The fourth-order valence-electron chi connectivity index (χ4n) is 6.25. The molecule has 0 saturated carbocycles. The summed E-state index contributed by atoms with van der Waals surface area (Å²) in [5.41, 5.74) is 15.4. The summed E-state index contributed by atoms with van der Waals surface area (Å²) in [5, 5.41) is 0. The van der Waals surface area contributed by atoms with Crippen molar-refractivity contribution in [1.82, 2.24) is 0 Å². The van der Waals surface area contributed by atoms with E-state index in [2.05, 4.69) is 207 Å². The third-order valence-corrected chi connectivity index (χ3v) is 8.59. The Balaban J connectivity index is 1.41. The van der Waals surface area contributed by atoms with Crippen molar-refractivity contribution >= 4 is 28.7 Å². The molecule has 0 heterocycles. The van der Waals surface area contributed by atoms with E-state index in [4.69, 9.17) is 0 Å². The van der Waals surface area contributed by atoms with Gasteiger partial charge in [0, 0.05) is 16.8 Å².